The molecule has 28 heavy (non-hydrogen) atoms. The molecule has 1 fully saturated rings. The van der Waals surface area contributed by atoms with Crippen molar-refractivity contribution in [1.82, 2.24) is 24.5 Å². The van der Waals surface area contributed by atoms with Crippen LogP contribution < -0.4 is 15.0 Å². The highest BCUT2D eigenvalue weighted by Gasteiger charge is 2.33. The maximum Gasteiger partial charge on any atom is 0.319 e. The lowest BCUT2D eigenvalue weighted by Gasteiger charge is -2.21. The Kier molecular flexibility index (Phi) is 4.70. The number of rotatable bonds is 6. The molecule has 0 unspecified atom stereocenters. The highest BCUT2D eigenvalue weighted by atomic mass is 16.5. The van der Waals surface area contributed by atoms with Crippen molar-refractivity contribution < 1.29 is 9.47 Å². The van der Waals surface area contributed by atoms with Crippen molar-refractivity contribution in [3.05, 3.63) is 34.5 Å². The van der Waals surface area contributed by atoms with Gasteiger partial charge in [0.1, 0.15) is 16.9 Å². The lowest BCUT2D eigenvalue weighted by atomic mass is 10.1. The van der Waals surface area contributed by atoms with E-state index in [0.717, 1.165) is 24.8 Å². The van der Waals surface area contributed by atoms with Gasteiger partial charge in [0, 0.05) is 18.4 Å². The number of hydrogen-bond acceptors (Lipinski definition) is 7. The molecule has 0 aliphatic heterocycles. The molecule has 0 spiro atoms. The fraction of sp³-hybridized carbons (Fsp3) is 0.450. The van der Waals surface area contributed by atoms with E-state index in [1.807, 2.05) is 10.6 Å². The zero-order chi connectivity index (χ0) is 19.8. The summed E-state index contributed by atoms with van der Waals surface area (Å²) in [5.41, 5.74) is 3.02. The lowest BCUT2D eigenvalue weighted by molar-refractivity contribution is 0.353. The standard InChI is InChI=1S/C20H23N5O3/c1-5-14(12-6-7-12)25-15-8-9-21-16(17(15)23-11(2)19(25)26)13-10-22-20(28-4)24-18(13)27-3/h8-10,12,14H,5-7H2,1-4H3/t14-/m0/s1. The van der Waals surface area contributed by atoms with Crippen molar-refractivity contribution in [3.8, 4) is 23.1 Å². The Balaban J connectivity index is 2.00. The van der Waals surface area contributed by atoms with E-state index in [4.69, 9.17) is 9.47 Å². The highest BCUT2D eigenvalue weighted by molar-refractivity contribution is 5.90. The second-order valence-corrected chi connectivity index (χ2v) is 6.99. The Morgan fingerprint density at radius 3 is 2.64 bits per heavy atom. The number of ether oxygens (including phenoxy) is 2. The zero-order valence-electron chi connectivity index (χ0n) is 16.5. The number of methoxy groups -OCH3 is 2. The molecule has 8 heteroatoms. The third-order valence-electron chi connectivity index (χ3n) is 5.25. The second-order valence-electron chi connectivity index (χ2n) is 6.99. The van der Waals surface area contributed by atoms with E-state index in [2.05, 4.69) is 26.9 Å². The molecule has 1 saturated carbocycles. The maximum absolute atomic E-state index is 13.0. The second kappa shape index (κ2) is 7.18. The van der Waals surface area contributed by atoms with Gasteiger partial charge >= 0.3 is 6.01 Å². The molecule has 0 amide bonds. The molecule has 0 aromatic carbocycles. The van der Waals surface area contributed by atoms with E-state index in [1.165, 1.54) is 14.2 Å². The Bertz CT molecular complexity index is 1090. The molecule has 3 heterocycles. The van der Waals surface area contributed by atoms with Gasteiger partial charge in [-0.05, 0) is 38.2 Å². The third kappa shape index (κ3) is 2.98. The van der Waals surface area contributed by atoms with Gasteiger partial charge in [0.15, 0.2) is 0 Å². The van der Waals surface area contributed by atoms with E-state index in [0.29, 0.717) is 34.3 Å². The van der Waals surface area contributed by atoms with Crippen molar-refractivity contribution in [2.24, 2.45) is 5.92 Å². The molecule has 0 N–H and O–H groups in total. The van der Waals surface area contributed by atoms with Crippen LogP contribution in [0.15, 0.2) is 23.3 Å². The minimum absolute atomic E-state index is 0.0404. The lowest BCUT2D eigenvalue weighted by Crippen LogP contribution is -2.29. The smallest absolute Gasteiger partial charge is 0.319 e. The summed E-state index contributed by atoms with van der Waals surface area (Å²) in [6.45, 7) is 3.87. The molecular formula is C20H23N5O3. The summed E-state index contributed by atoms with van der Waals surface area (Å²) in [6.07, 6.45) is 6.51. The van der Waals surface area contributed by atoms with Crippen LogP contribution in [-0.4, -0.2) is 38.7 Å². The molecule has 1 aliphatic rings. The van der Waals surface area contributed by atoms with Crippen LogP contribution in [0.1, 0.15) is 37.9 Å². The van der Waals surface area contributed by atoms with Gasteiger partial charge < -0.3 is 14.0 Å². The van der Waals surface area contributed by atoms with Gasteiger partial charge in [0.05, 0.1) is 25.3 Å². The van der Waals surface area contributed by atoms with Crippen molar-refractivity contribution >= 4 is 11.0 Å². The van der Waals surface area contributed by atoms with Gasteiger partial charge in [-0.25, -0.2) is 9.97 Å². The van der Waals surface area contributed by atoms with Crippen molar-refractivity contribution in [2.75, 3.05) is 14.2 Å². The summed E-state index contributed by atoms with van der Waals surface area (Å²) in [5.74, 6) is 0.890. The van der Waals surface area contributed by atoms with Crippen molar-refractivity contribution in [2.45, 2.75) is 39.2 Å². The predicted molar refractivity (Wildman–Crippen MR) is 105 cm³/mol. The van der Waals surface area contributed by atoms with E-state index >= 15 is 0 Å². The molecule has 0 bridgehead atoms. The number of fused-ring (bicyclic) bond motifs is 1. The fourth-order valence-electron chi connectivity index (χ4n) is 3.75. The molecule has 146 valence electrons. The molecule has 0 radical (unpaired) electrons. The first-order chi connectivity index (χ1) is 13.6. The van der Waals surface area contributed by atoms with Crippen LogP contribution in [0.4, 0.5) is 0 Å². The van der Waals surface area contributed by atoms with Gasteiger partial charge in [-0.2, -0.15) is 4.98 Å². The number of pyridine rings is 1. The van der Waals surface area contributed by atoms with E-state index in [-0.39, 0.29) is 17.6 Å². The molecule has 0 saturated heterocycles. The third-order valence-corrected chi connectivity index (χ3v) is 5.25. The number of hydrogen-bond donors (Lipinski definition) is 0. The minimum atomic E-state index is -0.0404. The average Bonchev–Trinajstić information content (AvgIpc) is 3.55. The Labute approximate surface area is 162 Å². The number of aryl methyl sites for hydroxylation is 1. The summed E-state index contributed by atoms with van der Waals surface area (Å²) >= 11 is 0. The topological polar surface area (TPSA) is 92.0 Å². The van der Waals surface area contributed by atoms with Crippen molar-refractivity contribution in [3.63, 3.8) is 0 Å². The Morgan fingerprint density at radius 2 is 2.00 bits per heavy atom. The Hall–Kier alpha value is -3.03. The number of aromatic nitrogens is 5. The SMILES string of the molecule is CC[C@@H](C1CC1)n1c(=O)c(C)nc2c(-c3cnc(OC)nc3OC)nccc21. The molecular weight excluding hydrogens is 358 g/mol. The summed E-state index contributed by atoms with van der Waals surface area (Å²) in [6, 6.07) is 2.23. The van der Waals surface area contributed by atoms with Crippen LogP contribution >= 0.6 is 0 Å². The van der Waals surface area contributed by atoms with Gasteiger partial charge in [-0.3, -0.25) is 9.78 Å². The number of nitrogens with zero attached hydrogens (tertiary/aromatic N) is 5. The minimum Gasteiger partial charge on any atom is -0.480 e. The van der Waals surface area contributed by atoms with E-state index in [9.17, 15) is 4.79 Å². The predicted octanol–water partition coefficient (Wildman–Crippen LogP) is 2.94. The first kappa shape index (κ1) is 18.3. The van der Waals surface area contributed by atoms with Crippen LogP contribution in [0.2, 0.25) is 0 Å². The van der Waals surface area contributed by atoms with Crippen molar-refractivity contribution in [1.29, 1.82) is 0 Å². The largest absolute Gasteiger partial charge is 0.480 e. The molecule has 1 aliphatic carbocycles. The summed E-state index contributed by atoms with van der Waals surface area (Å²) < 4.78 is 12.4. The first-order valence-corrected chi connectivity index (χ1v) is 9.42. The molecule has 8 nitrogen and oxygen atoms in total. The molecule has 3 aromatic heterocycles. The summed E-state index contributed by atoms with van der Waals surface area (Å²) in [4.78, 5) is 30.5. The summed E-state index contributed by atoms with van der Waals surface area (Å²) in [7, 11) is 3.03. The van der Waals surface area contributed by atoms with Gasteiger partial charge in [-0.15, -0.1) is 0 Å². The van der Waals surface area contributed by atoms with E-state index in [1.54, 1.807) is 19.3 Å². The fourth-order valence-corrected chi connectivity index (χ4v) is 3.75. The van der Waals surface area contributed by atoms with Crippen LogP contribution in [-0.2, 0) is 0 Å². The molecule has 3 aromatic rings. The average molecular weight is 381 g/mol. The van der Waals surface area contributed by atoms with Crippen LogP contribution in [0.3, 0.4) is 0 Å². The van der Waals surface area contributed by atoms with Gasteiger partial charge in [0.2, 0.25) is 5.88 Å². The van der Waals surface area contributed by atoms with Gasteiger partial charge in [-0.1, -0.05) is 6.92 Å². The molecule has 4 rings (SSSR count). The monoisotopic (exact) mass is 381 g/mol. The first-order valence-electron chi connectivity index (χ1n) is 9.42. The van der Waals surface area contributed by atoms with E-state index < -0.39 is 0 Å². The van der Waals surface area contributed by atoms with Gasteiger partial charge in [0.25, 0.3) is 5.56 Å². The normalized spacial score (nSPS) is 14.9. The van der Waals surface area contributed by atoms with Crippen LogP contribution in [0.25, 0.3) is 22.3 Å². The highest BCUT2D eigenvalue weighted by Crippen LogP contribution is 2.42. The Morgan fingerprint density at radius 1 is 1.21 bits per heavy atom. The zero-order valence-corrected chi connectivity index (χ0v) is 16.5. The summed E-state index contributed by atoms with van der Waals surface area (Å²) in [5, 5.41) is 0. The van der Waals surface area contributed by atoms with Crippen LogP contribution in [0, 0.1) is 12.8 Å². The quantitative estimate of drug-likeness (QED) is 0.648. The van der Waals surface area contributed by atoms with Crippen LogP contribution in [0.5, 0.6) is 11.9 Å². The maximum atomic E-state index is 13.0. The molecule has 1 atom stereocenters.